The molecule has 94 valence electrons. The van der Waals surface area contributed by atoms with Gasteiger partial charge in [-0.25, -0.2) is 4.39 Å². The van der Waals surface area contributed by atoms with Gasteiger partial charge in [-0.2, -0.15) is 0 Å². The number of amides is 1. The Morgan fingerprint density at radius 3 is 2.59 bits per heavy atom. The van der Waals surface area contributed by atoms with Crippen LogP contribution in [0.4, 0.5) is 4.39 Å². The minimum atomic E-state index is -0.311. The first-order valence-electron chi connectivity index (χ1n) is 6.02. The average Bonchev–Trinajstić information content (AvgIpc) is 2.27. The van der Waals surface area contributed by atoms with Crippen LogP contribution in [0.1, 0.15) is 43.1 Å². The standard InChI is InChI=1S/C14H20FNO/c1-5-9(2)11(4)16-14(17)13-7-6-12(15)8-10(13)3/h6-9,11H,5H2,1-4H3,(H,16,17). The van der Waals surface area contributed by atoms with Crippen molar-refractivity contribution in [1.29, 1.82) is 0 Å². The van der Waals surface area contributed by atoms with Crippen LogP contribution in [0.3, 0.4) is 0 Å². The minimum Gasteiger partial charge on any atom is -0.349 e. The van der Waals surface area contributed by atoms with Crippen LogP contribution in [0.5, 0.6) is 0 Å². The van der Waals surface area contributed by atoms with Gasteiger partial charge in [-0.05, 0) is 43.5 Å². The van der Waals surface area contributed by atoms with Crippen molar-refractivity contribution in [3.05, 3.63) is 35.1 Å². The van der Waals surface area contributed by atoms with E-state index in [9.17, 15) is 9.18 Å². The number of carbonyl (C=O) groups is 1. The molecule has 1 N–H and O–H groups in total. The van der Waals surface area contributed by atoms with Gasteiger partial charge in [0.1, 0.15) is 5.82 Å². The van der Waals surface area contributed by atoms with Crippen molar-refractivity contribution < 1.29 is 9.18 Å². The van der Waals surface area contributed by atoms with Gasteiger partial charge in [0.15, 0.2) is 0 Å². The maximum Gasteiger partial charge on any atom is 0.251 e. The SMILES string of the molecule is CCC(C)C(C)NC(=O)c1ccc(F)cc1C. The molecular formula is C14H20FNO. The second-order valence-corrected chi connectivity index (χ2v) is 4.61. The number of aryl methyl sites for hydroxylation is 1. The molecule has 1 aromatic carbocycles. The summed E-state index contributed by atoms with van der Waals surface area (Å²) in [4.78, 5) is 12.0. The van der Waals surface area contributed by atoms with Gasteiger partial charge in [-0.1, -0.05) is 20.3 Å². The third-order valence-corrected chi connectivity index (χ3v) is 3.29. The summed E-state index contributed by atoms with van der Waals surface area (Å²) in [7, 11) is 0. The van der Waals surface area contributed by atoms with E-state index in [1.54, 1.807) is 6.92 Å². The topological polar surface area (TPSA) is 29.1 Å². The highest BCUT2D eigenvalue weighted by atomic mass is 19.1. The number of rotatable bonds is 4. The number of carbonyl (C=O) groups excluding carboxylic acids is 1. The summed E-state index contributed by atoms with van der Waals surface area (Å²) in [6.45, 7) is 7.93. The van der Waals surface area contributed by atoms with E-state index in [0.29, 0.717) is 17.0 Å². The smallest absolute Gasteiger partial charge is 0.251 e. The molecule has 2 nitrogen and oxygen atoms in total. The van der Waals surface area contributed by atoms with Crippen molar-refractivity contribution in [2.45, 2.75) is 40.2 Å². The van der Waals surface area contributed by atoms with E-state index in [1.807, 2.05) is 6.92 Å². The molecule has 0 fully saturated rings. The van der Waals surface area contributed by atoms with E-state index < -0.39 is 0 Å². The molecule has 0 heterocycles. The van der Waals surface area contributed by atoms with Crippen LogP contribution in [-0.4, -0.2) is 11.9 Å². The fourth-order valence-corrected chi connectivity index (χ4v) is 1.66. The first kappa shape index (κ1) is 13.7. The predicted molar refractivity (Wildman–Crippen MR) is 67.5 cm³/mol. The van der Waals surface area contributed by atoms with Crippen LogP contribution in [0.25, 0.3) is 0 Å². The average molecular weight is 237 g/mol. The molecule has 1 rings (SSSR count). The van der Waals surface area contributed by atoms with Gasteiger partial charge >= 0.3 is 0 Å². The van der Waals surface area contributed by atoms with E-state index in [0.717, 1.165) is 6.42 Å². The Morgan fingerprint density at radius 1 is 1.41 bits per heavy atom. The fourth-order valence-electron chi connectivity index (χ4n) is 1.66. The first-order valence-corrected chi connectivity index (χ1v) is 6.02. The maximum absolute atomic E-state index is 12.9. The minimum absolute atomic E-state index is 0.122. The quantitative estimate of drug-likeness (QED) is 0.855. The Bertz CT molecular complexity index is 403. The molecule has 0 aromatic heterocycles. The maximum atomic E-state index is 12.9. The lowest BCUT2D eigenvalue weighted by Gasteiger charge is -2.20. The van der Waals surface area contributed by atoms with Gasteiger partial charge in [-0.15, -0.1) is 0 Å². The van der Waals surface area contributed by atoms with Crippen LogP contribution in [0, 0.1) is 18.7 Å². The Balaban J connectivity index is 2.76. The predicted octanol–water partition coefficient (Wildman–Crippen LogP) is 3.30. The summed E-state index contributed by atoms with van der Waals surface area (Å²) >= 11 is 0. The summed E-state index contributed by atoms with van der Waals surface area (Å²) in [6.07, 6.45) is 1.02. The normalized spacial score (nSPS) is 14.2. The second-order valence-electron chi connectivity index (χ2n) is 4.61. The zero-order chi connectivity index (χ0) is 13.0. The summed E-state index contributed by atoms with van der Waals surface area (Å²) in [5.41, 5.74) is 1.21. The van der Waals surface area contributed by atoms with E-state index in [2.05, 4.69) is 19.2 Å². The molecule has 1 aromatic rings. The van der Waals surface area contributed by atoms with Crippen molar-refractivity contribution in [2.24, 2.45) is 5.92 Å². The van der Waals surface area contributed by atoms with E-state index >= 15 is 0 Å². The van der Waals surface area contributed by atoms with Gasteiger partial charge in [0, 0.05) is 11.6 Å². The molecule has 0 bridgehead atoms. The van der Waals surface area contributed by atoms with Crippen LogP contribution < -0.4 is 5.32 Å². The highest BCUT2D eigenvalue weighted by molar-refractivity contribution is 5.95. The zero-order valence-corrected chi connectivity index (χ0v) is 10.9. The van der Waals surface area contributed by atoms with Gasteiger partial charge in [0.05, 0.1) is 0 Å². The van der Waals surface area contributed by atoms with Gasteiger partial charge < -0.3 is 5.32 Å². The first-order chi connectivity index (χ1) is 7.95. The lowest BCUT2D eigenvalue weighted by Crippen LogP contribution is -2.37. The molecule has 2 atom stereocenters. The summed E-state index contributed by atoms with van der Waals surface area (Å²) < 4.78 is 12.9. The highest BCUT2D eigenvalue weighted by Crippen LogP contribution is 2.12. The number of hydrogen-bond donors (Lipinski definition) is 1. The van der Waals surface area contributed by atoms with Crippen molar-refractivity contribution >= 4 is 5.91 Å². The Hall–Kier alpha value is -1.38. The van der Waals surface area contributed by atoms with Crippen LogP contribution in [0.15, 0.2) is 18.2 Å². The van der Waals surface area contributed by atoms with Crippen molar-refractivity contribution in [2.75, 3.05) is 0 Å². The molecular weight excluding hydrogens is 217 g/mol. The lowest BCUT2D eigenvalue weighted by molar-refractivity contribution is 0.0927. The third-order valence-electron chi connectivity index (χ3n) is 3.29. The van der Waals surface area contributed by atoms with E-state index in [1.165, 1.54) is 18.2 Å². The summed E-state index contributed by atoms with van der Waals surface area (Å²) in [5.74, 6) is -0.0102. The van der Waals surface area contributed by atoms with E-state index in [-0.39, 0.29) is 17.8 Å². The Labute approximate surface area is 102 Å². The number of nitrogens with one attached hydrogen (secondary N) is 1. The highest BCUT2D eigenvalue weighted by Gasteiger charge is 2.15. The van der Waals surface area contributed by atoms with Crippen molar-refractivity contribution in [3.8, 4) is 0 Å². The van der Waals surface area contributed by atoms with E-state index in [4.69, 9.17) is 0 Å². The molecule has 0 aliphatic heterocycles. The van der Waals surface area contributed by atoms with Crippen molar-refractivity contribution in [3.63, 3.8) is 0 Å². The zero-order valence-electron chi connectivity index (χ0n) is 10.9. The lowest BCUT2D eigenvalue weighted by atomic mass is 10.00. The van der Waals surface area contributed by atoms with Crippen LogP contribution in [0.2, 0.25) is 0 Å². The Kier molecular flexibility index (Phi) is 4.67. The third kappa shape index (κ3) is 3.55. The molecule has 3 heteroatoms. The van der Waals surface area contributed by atoms with Crippen molar-refractivity contribution in [1.82, 2.24) is 5.32 Å². The number of benzene rings is 1. The van der Waals surface area contributed by atoms with Crippen LogP contribution >= 0.6 is 0 Å². The molecule has 0 radical (unpaired) electrons. The molecule has 17 heavy (non-hydrogen) atoms. The van der Waals surface area contributed by atoms with Gasteiger partial charge in [-0.3, -0.25) is 4.79 Å². The fraction of sp³-hybridized carbons (Fsp3) is 0.500. The molecule has 0 aliphatic rings. The van der Waals surface area contributed by atoms with Gasteiger partial charge in [0.25, 0.3) is 5.91 Å². The monoisotopic (exact) mass is 237 g/mol. The summed E-state index contributed by atoms with van der Waals surface area (Å²) in [5, 5.41) is 2.95. The number of halogens is 1. The summed E-state index contributed by atoms with van der Waals surface area (Å²) in [6, 6.07) is 4.35. The van der Waals surface area contributed by atoms with Crippen LogP contribution in [-0.2, 0) is 0 Å². The molecule has 0 saturated carbocycles. The molecule has 0 saturated heterocycles. The largest absolute Gasteiger partial charge is 0.349 e. The Morgan fingerprint density at radius 2 is 2.06 bits per heavy atom. The second kappa shape index (κ2) is 5.80. The number of hydrogen-bond acceptors (Lipinski definition) is 1. The molecule has 2 unspecified atom stereocenters. The van der Waals surface area contributed by atoms with Gasteiger partial charge in [0.2, 0.25) is 0 Å². The molecule has 0 spiro atoms. The molecule has 1 amide bonds. The molecule has 0 aliphatic carbocycles.